The predicted molar refractivity (Wildman–Crippen MR) is 148 cm³/mol. The molecule has 1 heterocycles. The van der Waals surface area contributed by atoms with Gasteiger partial charge in [-0.2, -0.15) is 0 Å². The largest absolute Gasteiger partial charge is 0.497 e. The van der Waals surface area contributed by atoms with Crippen molar-refractivity contribution in [2.45, 2.75) is 90.8 Å². The van der Waals surface area contributed by atoms with Crippen molar-refractivity contribution >= 4 is 11.8 Å². The lowest BCUT2D eigenvalue weighted by Gasteiger charge is -2.57. The van der Waals surface area contributed by atoms with E-state index in [-0.39, 0.29) is 28.7 Å². The summed E-state index contributed by atoms with van der Waals surface area (Å²) in [6, 6.07) is 7.83. The van der Waals surface area contributed by atoms with Gasteiger partial charge in [0.05, 0.1) is 7.11 Å². The molecule has 3 fully saturated rings. The molecule has 4 aliphatic carbocycles. The average Bonchev–Trinajstić information content (AvgIpc) is 3.52. The number of carbonyl (C=O) groups is 2. The lowest BCUT2D eigenvalue weighted by atomic mass is 9.48. The first-order chi connectivity index (χ1) is 18.7. The number of allylic oxidation sites excluding steroid dienone is 1. The molecule has 6 rings (SSSR count). The molecule has 0 amide bonds. The van der Waals surface area contributed by atoms with E-state index in [1.807, 2.05) is 28.8 Å². The molecule has 3 saturated carbocycles. The number of imidazole rings is 1. The SMILES string of the molecule is COc1ccc(C(=O)C[n+]2ccn([C@H]3CC[C@H]4[C@@H]5CC=C6C[C@@H](OC(C)=O)CC[C@]6(C)[C@H]5CC[C@]34C)c2)cc1. The maximum atomic E-state index is 12.9. The van der Waals surface area contributed by atoms with Crippen LogP contribution in [0.25, 0.3) is 0 Å². The van der Waals surface area contributed by atoms with Crippen LogP contribution in [-0.2, 0) is 16.1 Å². The third-order valence-electron chi connectivity index (χ3n) is 11.2. The van der Waals surface area contributed by atoms with Gasteiger partial charge < -0.3 is 9.47 Å². The summed E-state index contributed by atoms with van der Waals surface area (Å²) in [4.78, 5) is 24.5. The van der Waals surface area contributed by atoms with Crippen molar-refractivity contribution in [3.63, 3.8) is 0 Å². The van der Waals surface area contributed by atoms with E-state index in [2.05, 4.69) is 43.2 Å². The number of hydrogen-bond acceptors (Lipinski definition) is 4. The molecule has 0 N–H and O–H groups in total. The number of esters is 1. The normalized spacial score (nSPS) is 35.3. The second-order valence-corrected chi connectivity index (χ2v) is 13.1. The van der Waals surface area contributed by atoms with Gasteiger partial charge >= 0.3 is 5.97 Å². The molecule has 208 valence electrons. The highest BCUT2D eigenvalue weighted by molar-refractivity contribution is 5.95. The van der Waals surface area contributed by atoms with E-state index >= 15 is 0 Å². The van der Waals surface area contributed by atoms with Crippen LogP contribution in [0.4, 0.5) is 0 Å². The van der Waals surface area contributed by atoms with Crippen LogP contribution < -0.4 is 9.30 Å². The van der Waals surface area contributed by atoms with Gasteiger partial charge in [-0.15, -0.1) is 0 Å². The summed E-state index contributed by atoms with van der Waals surface area (Å²) in [6.45, 7) is 6.92. The minimum Gasteiger partial charge on any atom is -0.497 e. The van der Waals surface area contributed by atoms with Crippen LogP contribution in [0.15, 0.2) is 54.6 Å². The number of benzene rings is 1. The number of ketones is 1. The summed E-state index contributed by atoms with van der Waals surface area (Å²) in [6.07, 6.45) is 18.2. The summed E-state index contributed by atoms with van der Waals surface area (Å²) < 4.78 is 15.3. The van der Waals surface area contributed by atoms with Crippen molar-refractivity contribution in [1.82, 2.24) is 4.57 Å². The fraction of sp³-hybridized carbons (Fsp3) is 0.606. The Labute approximate surface area is 232 Å². The zero-order valence-corrected chi connectivity index (χ0v) is 23.9. The van der Waals surface area contributed by atoms with Crippen molar-refractivity contribution < 1.29 is 23.6 Å². The molecule has 2 aromatic rings. The molecule has 1 aromatic carbocycles. The summed E-state index contributed by atoms with van der Waals surface area (Å²) in [5.41, 5.74) is 2.78. The highest BCUT2D eigenvalue weighted by Crippen LogP contribution is 2.67. The fourth-order valence-corrected chi connectivity index (χ4v) is 9.15. The summed E-state index contributed by atoms with van der Waals surface area (Å²) >= 11 is 0. The van der Waals surface area contributed by atoms with Crippen LogP contribution in [0.5, 0.6) is 5.75 Å². The molecule has 6 nitrogen and oxygen atoms in total. The molecule has 6 heteroatoms. The van der Waals surface area contributed by atoms with Crippen LogP contribution in [0, 0.1) is 28.6 Å². The Bertz CT molecular complexity index is 1280. The number of nitrogens with zero attached hydrogens (tertiary/aromatic N) is 2. The molecule has 0 bridgehead atoms. The van der Waals surface area contributed by atoms with Gasteiger partial charge in [0, 0.05) is 24.3 Å². The first-order valence-electron chi connectivity index (χ1n) is 14.8. The zero-order valence-electron chi connectivity index (χ0n) is 23.9. The van der Waals surface area contributed by atoms with Crippen LogP contribution >= 0.6 is 0 Å². The minimum atomic E-state index is -0.153. The number of Topliss-reactive ketones (excluding diaryl/α,β-unsaturated/α-hetero) is 1. The first kappa shape index (κ1) is 26.3. The third kappa shape index (κ3) is 4.54. The van der Waals surface area contributed by atoms with Crippen molar-refractivity contribution in [2.24, 2.45) is 28.6 Å². The molecule has 0 aliphatic heterocycles. The van der Waals surface area contributed by atoms with Gasteiger partial charge in [0.25, 0.3) is 0 Å². The Morgan fingerprint density at radius 2 is 1.85 bits per heavy atom. The first-order valence-corrected chi connectivity index (χ1v) is 14.8. The molecule has 0 radical (unpaired) electrons. The average molecular weight is 532 g/mol. The molecule has 4 aliphatic rings. The highest BCUT2D eigenvalue weighted by Gasteiger charge is 2.60. The van der Waals surface area contributed by atoms with Crippen molar-refractivity contribution in [1.29, 1.82) is 0 Å². The van der Waals surface area contributed by atoms with Crippen molar-refractivity contribution in [2.75, 3.05) is 7.11 Å². The van der Waals surface area contributed by atoms with Gasteiger partial charge in [-0.1, -0.05) is 25.5 Å². The molecule has 0 unspecified atom stereocenters. The van der Waals surface area contributed by atoms with Gasteiger partial charge in [-0.05, 0) is 92.4 Å². The van der Waals surface area contributed by atoms with Gasteiger partial charge in [0.1, 0.15) is 30.3 Å². The van der Waals surface area contributed by atoms with Crippen LogP contribution in [0.3, 0.4) is 0 Å². The van der Waals surface area contributed by atoms with Gasteiger partial charge in [0.2, 0.25) is 12.1 Å². The standard InChI is InChI=1S/C33H43N2O4/c1-22(36)39-26-13-15-32(2)24(19-26)7-10-27-28-11-12-31(33(28,3)16-14-29(27)32)35-18-17-34(21-35)20-30(37)23-5-8-25(38-4)9-6-23/h5-9,17-18,21,26-29,31H,10-16,19-20H2,1-4H3/q+1/t26-,27-,28-,29-,31-,32-,33-/m0/s1. The van der Waals surface area contributed by atoms with Gasteiger partial charge in [0.15, 0.2) is 6.54 Å². The predicted octanol–water partition coefficient (Wildman–Crippen LogP) is 6.10. The van der Waals surface area contributed by atoms with Crippen LogP contribution in [0.2, 0.25) is 0 Å². The smallest absolute Gasteiger partial charge is 0.302 e. The Morgan fingerprint density at radius 1 is 1.05 bits per heavy atom. The second kappa shape index (κ2) is 9.94. The molecular weight excluding hydrogens is 488 g/mol. The number of fused-ring (bicyclic) bond motifs is 5. The Balaban J connectivity index is 1.16. The lowest BCUT2D eigenvalue weighted by molar-refractivity contribution is -0.682. The summed E-state index contributed by atoms with van der Waals surface area (Å²) in [7, 11) is 1.64. The fourth-order valence-electron chi connectivity index (χ4n) is 9.15. The molecular formula is C33H43N2O4+. The van der Waals surface area contributed by atoms with Crippen molar-refractivity contribution in [3.05, 3.63) is 60.2 Å². The van der Waals surface area contributed by atoms with E-state index in [1.165, 1.54) is 32.6 Å². The highest BCUT2D eigenvalue weighted by atomic mass is 16.5. The van der Waals surface area contributed by atoms with Crippen LogP contribution in [-0.4, -0.2) is 29.5 Å². The molecule has 7 atom stereocenters. The van der Waals surface area contributed by atoms with E-state index in [0.717, 1.165) is 49.2 Å². The molecule has 0 spiro atoms. The summed E-state index contributed by atoms with van der Waals surface area (Å²) in [5.74, 6) is 2.89. The Kier molecular flexibility index (Phi) is 6.71. The number of aromatic nitrogens is 2. The summed E-state index contributed by atoms with van der Waals surface area (Å²) in [5, 5.41) is 0. The number of carbonyl (C=O) groups excluding carboxylic acids is 2. The van der Waals surface area contributed by atoms with E-state index in [0.29, 0.717) is 18.2 Å². The molecule has 39 heavy (non-hydrogen) atoms. The lowest BCUT2D eigenvalue weighted by Crippen LogP contribution is -2.50. The van der Waals surface area contributed by atoms with Crippen LogP contribution in [0.1, 0.15) is 88.5 Å². The number of ether oxygens (including phenoxy) is 2. The maximum Gasteiger partial charge on any atom is 0.302 e. The minimum absolute atomic E-state index is 0.0557. The number of rotatable bonds is 6. The van der Waals surface area contributed by atoms with E-state index in [4.69, 9.17) is 9.47 Å². The zero-order chi connectivity index (χ0) is 27.4. The number of hydrogen-bond donors (Lipinski definition) is 0. The van der Waals surface area contributed by atoms with Gasteiger partial charge in [-0.3, -0.25) is 9.59 Å². The quantitative estimate of drug-likeness (QED) is 0.196. The topological polar surface area (TPSA) is 61.4 Å². The third-order valence-corrected chi connectivity index (χ3v) is 11.2. The monoisotopic (exact) mass is 531 g/mol. The second-order valence-electron chi connectivity index (χ2n) is 13.1. The molecule has 0 saturated heterocycles. The molecule has 1 aromatic heterocycles. The Hall–Kier alpha value is -2.89. The van der Waals surface area contributed by atoms with E-state index in [9.17, 15) is 9.59 Å². The maximum absolute atomic E-state index is 12.9. The van der Waals surface area contributed by atoms with E-state index < -0.39 is 0 Å². The van der Waals surface area contributed by atoms with Crippen molar-refractivity contribution in [3.8, 4) is 5.75 Å². The Morgan fingerprint density at radius 3 is 2.59 bits per heavy atom. The number of methoxy groups -OCH3 is 1. The van der Waals surface area contributed by atoms with E-state index in [1.54, 1.807) is 12.7 Å². The van der Waals surface area contributed by atoms with Gasteiger partial charge in [-0.25, -0.2) is 9.13 Å².